The minimum atomic E-state index is 0.503. The Morgan fingerprint density at radius 3 is 2.91 bits per heavy atom. The van der Waals surface area contributed by atoms with Gasteiger partial charge >= 0.3 is 0 Å². The maximum Gasteiger partial charge on any atom is 0.106 e. The molecule has 0 fully saturated rings. The molecule has 1 atom stereocenters. The molecule has 0 saturated heterocycles. The van der Waals surface area contributed by atoms with Crippen LogP contribution in [0.4, 0.5) is 0 Å². The highest BCUT2D eigenvalue weighted by Crippen LogP contribution is 2.10. The van der Waals surface area contributed by atoms with E-state index in [2.05, 4.69) is 29.5 Å². The molecule has 0 aromatic carbocycles. The van der Waals surface area contributed by atoms with Crippen molar-refractivity contribution in [1.29, 1.82) is 0 Å². The Kier molecular flexibility index (Phi) is 2.98. The predicted octanol–water partition coefficient (Wildman–Crippen LogP) is 0.619. The van der Waals surface area contributed by atoms with E-state index in [1.807, 2.05) is 0 Å². The fraction of sp³-hybridized carbons (Fsp3) is 0.500. The summed E-state index contributed by atoms with van der Waals surface area (Å²) in [7, 11) is 0. The highest BCUT2D eigenvalue weighted by molar-refractivity contribution is 4.97. The van der Waals surface area contributed by atoms with Crippen LogP contribution in [0.5, 0.6) is 0 Å². The number of nitrogens with two attached hydrogens (primary N) is 1. The van der Waals surface area contributed by atoms with Gasteiger partial charge in [-0.25, -0.2) is 5.84 Å². The molecule has 0 aromatic rings. The smallest absolute Gasteiger partial charge is 0.106 e. The number of nitrogens with one attached hydrogen (secondary N) is 2. The van der Waals surface area contributed by atoms with Gasteiger partial charge in [0, 0.05) is 6.04 Å². The summed E-state index contributed by atoms with van der Waals surface area (Å²) in [5.74, 6) is 5.86. The lowest BCUT2D eigenvalue weighted by atomic mass is 10.0. The molecule has 4 N–H and O–H groups in total. The Bertz CT molecular complexity index is 163. The molecule has 11 heavy (non-hydrogen) atoms. The van der Waals surface area contributed by atoms with Gasteiger partial charge in [0.05, 0.1) is 0 Å². The average Bonchev–Trinajstić information content (AvgIpc) is 2.06. The van der Waals surface area contributed by atoms with E-state index in [9.17, 15) is 0 Å². The van der Waals surface area contributed by atoms with Crippen molar-refractivity contribution in [3.05, 3.63) is 24.6 Å². The molecule has 0 heterocycles. The van der Waals surface area contributed by atoms with Crippen LogP contribution in [0.15, 0.2) is 24.6 Å². The van der Waals surface area contributed by atoms with Crippen LogP contribution in [0.2, 0.25) is 0 Å². The van der Waals surface area contributed by atoms with E-state index < -0.39 is 0 Å². The molecule has 3 nitrogen and oxygen atoms in total. The van der Waals surface area contributed by atoms with Crippen molar-refractivity contribution in [2.75, 3.05) is 0 Å². The van der Waals surface area contributed by atoms with Gasteiger partial charge < -0.3 is 10.7 Å². The highest BCUT2D eigenvalue weighted by atomic mass is 15.3. The van der Waals surface area contributed by atoms with Crippen molar-refractivity contribution in [3.8, 4) is 0 Å². The van der Waals surface area contributed by atoms with Crippen LogP contribution in [0, 0.1) is 0 Å². The van der Waals surface area contributed by atoms with E-state index in [1.54, 1.807) is 0 Å². The summed E-state index contributed by atoms with van der Waals surface area (Å²) in [6.45, 7) is 3.70. The van der Waals surface area contributed by atoms with Gasteiger partial charge in [-0.1, -0.05) is 18.7 Å². The van der Waals surface area contributed by atoms with Gasteiger partial charge in [0.25, 0.3) is 0 Å². The van der Waals surface area contributed by atoms with Gasteiger partial charge in [-0.15, -0.1) is 0 Å². The Hall–Kier alpha value is -0.960. The molecule has 1 aliphatic carbocycles. The maximum atomic E-state index is 5.16. The Balaban J connectivity index is 2.26. The zero-order chi connectivity index (χ0) is 8.10. The fourth-order valence-corrected chi connectivity index (χ4v) is 1.21. The van der Waals surface area contributed by atoms with E-state index >= 15 is 0 Å². The summed E-state index contributed by atoms with van der Waals surface area (Å²) >= 11 is 0. The van der Waals surface area contributed by atoms with Crippen molar-refractivity contribution in [2.45, 2.75) is 25.3 Å². The molecule has 0 bridgehead atoms. The zero-order valence-corrected chi connectivity index (χ0v) is 6.64. The Morgan fingerprint density at radius 2 is 2.36 bits per heavy atom. The second-order valence-corrected chi connectivity index (χ2v) is 2.75. The third kappa shape index (κ3) is 2.63. The Morgan fingerprint density at radius 1 is 1.55 bits per heavy atom. The number of hydrazine groups is 1. The number of hydrogen-bond donors (Lipinski definition) is 3. The molecule has 0 aromatic heterocycles. The minimum absolute atomic E-state index is 0.503. The van der Waals surface area contributed by atoms with E-state index in [0.717, 1.165) is 19.3 Å². The summed E-state index contributed by atoms with van der Waals surface area (Å²) in [5, 5.41) is 3.19. The topological polar surface area (TPSA) is 50.1 Å². The fourth-order valence-electron chi connectivity index (χ4n) is 1.21. The van der Waals surface area contributed by atoms with Crippen LogP contribution in [-0.2, 0) is 0 Å². The lowest BCUT2D eigenvalue weighted by molar-refractivity contribution is 0.501. The normalized spacial score (nSPS) is 22.8. The number of hydrogen-bond acceptors (Lipinski definition) is 3. The first-order valence-corrected chi connectivity index (χ1v) is 3.90. The largest absolute Gasteiger partial charge is 0.368 e. The van der Waals surface area contributed by atoms with Gasteiger partial charge in [0.15, 0.2) is 0 Å². The van der Waals surface area contributed by atoms with Gasteiger partial charge in [-0.2, -0.15) is 0 Å². The van der Waals surface area contributed by atoms with Crippen LogP contribution in [-0.4, -0.2) is 6.04 Å². The lowest BCUT2D eigenvalue weighted by Crippen LogP contribution is -2.37. The molecule has 0 saturated carbocycles. The molecular weight excluding hydrogens is 138 g/mol. The third-order valence-electron chi connectivity index (χ3n) is 1.82. The highest BCUT2D eigenvalue weighted by Gasteiger charge is 2.08. The van der Waals surface area contributed by atoms with Crippen molar-refractivity contribution in [1.82, 2.24) is 10.7 Å². The van der Waals surface area contributed by atoms with Gasteiger partial charge in [0.1, 0.15) is 5.82 Å². The van der Waals surface area contributed by atoms with Crippen molar-refractivity contribution < 1.29 is 0 Å². The predicted molar refractivity (Wildman–Crippen MR) is 46.4 cm³/mol. The molecular formula is C8H15N3. The second-order valence-electron chi connectivity index (χ2n) is 2.75. The summed E-state index contributed by atoms with van der Waals surface area (Å²) in [6.07, 6.45) is 7.77. The van der Waals surface area contributed by atoms with Crippen LogP contribution < -0.4 is 16.6 Å². The standard InChI is InChI=1S/C8H15N3/c1-7(11-9)10-8-5-3-2-4-6-8/h2-3,8,10-11H,1,4-6,9H2. The second kappa shape index (κ2) is 4.03. The first kappa shape index (κ1) is 8.14. The van der Waals surface area contributed by atoms with E-state index in [4.69, 9.17) is 5.84 Å². The maximum absolute atomic E-state index is 5.16. The van der Waals surface area contributed by atoms with Crippen molar-refractivity contribution >= 4 is 0 Å². The van der Waals surface area contributed by atoms with Crippen molar-refractivity contribution in [2.24, 2.45) is 5.84 Å². The molecule has 3 heteroatoms. The monoisotopic (exact) mass is 153 g/mol. The third-order valence-corrected chi connectivity index (χ3v) is 1.82. The molecule has 1 rings (SSSR count). The quantitative estimate of drug-likeness (QED) is 0.316. The molecule has 0 aliphatic heterocycles. The van der Waals surface area contributed by atoms with Gasteiger partial charge in [-0.3, -0.25) is 0 Å². The van der Waals surface area contributed by atoms with E-state index in [-0.39, 0.29) is 0 Å². The van der Waals surface area contributed by atoms with Crippen LogP contribution in [0.25, 0.3) is 0 Å². The summed E-state index contributed by atoms with van der Waals surface area (Å²) in [5.41, 5.74) is 2.48. The lowest BCUT2D eigenvalue weighted by Gasteiger charge is -2.21. The SMILES string of the molecule is C=C(NN)NC1CC=CCC1. The van der Waals surface area contributed by atoms with E-state index in [1.165, 1.54) is 0 Å². The number of allylic oxidation sites excluding steroid dienone is 1. The van der Waals surface area contributed by atoms with E-state index in [0.29, 0.717) is 11.9 Å². The summed E-state index contributed by atoms with van der Waals surface area (Å²) in [6, 6.07) is 0.503. The van der Waals surface area contributed by atoms with Crippen LogP contribution in [0.1, 0.15) is 19.3 Å². The summed E-state index contributed by atoms with van der Waals surface area (Å²) in [4.78, 5) is 0. The van der Waals surface area contributed by atoms with Gasteiger partial charge in [-0.05, 0) is 19.3 Å². The minimum Gasteiger partial charge on any atom is -0.368 e. The van der Waals surface area contributed by atoms with Gasteiger partial charge in [0.2, 0.25) is 0 Å². The zero-order valence-electron chi connectivity index (χ0n) is 6.64. The molecule has 62 valence electrons. The molecule has 1 unspecified atom stereocenters. The molecule has 0 spiro atoms. The average molecular weight is 153 g/mol. The summed E-state index contributed by atoms with van der Waals surface area (Å²) < 4.78 is 0. The Labute approximate surface area is 67.3 Å². The number of rotatable bonds is 3. The molecule has 1 aliphatic rings. The molecule has 0 radical (unpaired) electrons. The van der Waals surface area contributed by atoms with Crippen LogP contribution in [0.3, 0.4) is 0 Å². The van der Waals surface area contributed by atoms with Crippen molar-refractivity contribution in [3.63, 3.8) is 0 Å². The first-order valence-electron chi connectivity index (χ1n) is 3.90. The van der Waals surface area contributed by atoms with Crippen LogP contribution >= 0.6 is 0 Å². The molecule has 0 amide bonds. The first-order chi connectivity index (χ1) is 5.33.